The second-order valence-corrected chi connectivity index (χ2v) is 5.39. The van der Waals surface area contributed by atoms with E-state index in [0.29, 0.717) is 5.92 Å². The van der Waals surface area contributed by atoms with Gasteiger partial charge >= 0.3 is 0 Å². The highest BCUT2D eigenvalue weighted by molar-refractivity contribution is 5.82. The van der Waals surface area contributed by atoms with Crippen molar-refractivity contribution in [2.45, 2.75) is 32.9 Å². The van der Waals surface area contributed by atoms with E-state index in [9.17, 15) is 4.79 Å². The first-order valence-electron chi connectivity index (χ1n) is 6.72. The Morgan fingerprint density at radius 2 is 2.06 bits per heavy atom. The Morgan fingerprint density at radius 1 is 1.33 bits per heavy atom. The zero-order valence-corrected chi connectivity index (χ0v) is 11.2. The molecule has 0 aromatic heterocycles. The zero-order chi connectivity index (χ0) is 13.0. The van der Waals surface area contributed by atoms with Crippen molar-refractivity contribution < 1.29 is 4.79 Å². The van der Waals surface area contributed by atoms with E-state index in [1.165, 1.54) is 5.56 Å². The van der Waals surface area contributed by atoms with Crippen LogP contribution in [0.1, 0.15) is 25.8 Å². The van der Waals surface area contributed by atoms with Crippen LogP contribution in [0.15, 0.2) is 30.3 Å². The maximum atomic E-state index is 12.0. The lowest BCUT2D eigenvalue weighted by molar-refractivity contribution is -0.130. The van der Waals surface area contributed by atoms with Crippen LogP contribution in [-0.2, 0) is 11.3 Å². The molecular weight excluding hydrogens is 224 g/mol. The first-order valence-corrected chi connectivity index (χ1v) is 6.72. The third kappa shape index (κ3) is 3.33. The number of hydrogen-bond donors (Lipinski definition) is 1. The minimum atomic E-state index is 0.0268. The van der Waals surface area contributed by atoms with E-state index in [-0.39, 0.29) is 11.9 Å². The Labute approximate surface area is 109 Å². The smallest absolute Gasteiger partial charge is 0.237 e. The van der Waals surface area contributed by atoms with Gasteiger partial charge in [0, 0.05) is 19.6 Å². The molecule has 0 saturated carbocycles. The van der Waals surface area contributed by atoms with E-state index in [1.807, 2.05) is 6.07 Å². The number of carbonyl (C=O) groups excluding carboxylic acids is 1. The van der Waals surface area contributed by atoms with E-state index in [1.54, 1.807) is 0 Å². The number of nitrogens with one attached hydrogen (secondary N) is 1. The number of carbonyl (C=O) groups is 1. The van der Waals surface area contributed by atoms with Gasteiger partial charge in [0.2, 0.25) is 5.91 Å². The molecule has 0 aliphatic carbocycles. The number of hydrogen-bond acceptors (Lipinski definition) is 2. The van der Waals surface area contributed by atoms with Crippen LogP contribution in [0.3, 0.4) is 0 Å². The fourth-order valence-corrected chi connectivity index (χ4v) is 2.47. The predicted molar refractivity (Wildman–Crippen MR) is 73.1 cm³/mol. The molecule has 0 bridgehead atoms. The van der Waals surface area contributed by atoms with Crippen LogP contribution in [0.4, 0.5) is 0 Å². The SMILES string of the molecule is CC(C)CC1C(=O)NCCN1Cc1ccccc1. The molecule has 2 rings (SSSR count). The van der Waals surface area contributed by atoms with Gasteiger partial charge < -0.3 is 5.32 Å². The first kappa shape index (κ1) is 13.1. The molecule has 3 heteroatoms. The van der Waals surface area contributed by atoms with Crippen LogP contribution in [-0.4, -0.2) is 29.9 Å². The highest BCUT2D eigenvalue weighted by Crippen LogP contribution is 2.17. The molecule has 1 aromatic carbocycles. The van der Waals surface area contributed by atoms with E-state index in [2.05, 4.69) is 48.3 Å². The van der Waals surface area contributed by atoms with Gasteiger partial charge in [-0.1, -0.05) is 44.2 Å². The highest BCUT2D eigenvalue weighted by atomic mass is 16.2. The van der Waals surface area contributed by atoms with Gasteiger partial charge in [-0.25, -0.2) is 0 Å². The largest absolute Gasteiger partial charge is 0.353 e. The highest BCUT2D eigenvalue weighted by Gasteiger charge is 2.29. The molecule has 3 nitrogen and oxygen atoms in total. The van der Waals surface area contributed by atoms with Crippen molar-refractivity contribution >= 4 is 5.91 Å². The summed E-state index contributed by atoms with van der Waals surface area (Å²) in [6.07, 6.45) is 0.929. The van der Waals surface area contributed by atoms with Crippen molar-refractivity contribution in [3.05, 3.63) is 35.9 Å². The number of benzene rings is 1. The van der Waals surface area contributed by atoms with Crippen LogP contribution in [0.5, 0.6) is 0 Å². The molecular formula is C15H22N2O. The lowest BCUT2D eigenvalue weighted by atomic mass is 9.99. The fraction of sp³-hybridized carbons (Fsp3) is 0.533. The summed E-state index contributed by atoms with van der Waals surface area (Å²) >= 11 is 0. The normalized spacial score (nSPS) is 21.1. The maximum Gasteiger partial charge on any atom is 0.237 e. The zero-order valence-electron chi connectivity index (χ0n) is 11.2. The van der Waals surface area contributed by atoms with Crippen molar-refractivity contribution in [3.8, 4) is 0 Å². The van der Waals surface area contributed by atoms with Gasteiger partial charge in [-0.3, -0.25) is 9.69 Å². The van der Waals surface area contributed by atoms with Crippen LogP contribution < -0.4 is 5.32 Å². The minimum Gasteiger partial charge on any atom is -0.353 e. The van der Waals surface area contributed by atoms with Crippen LogP contribution in [0.25, 0.3) is 0 Å². The molecule has 0 spiro atoms. The molecule has 1 atom stereocenters. The Balaban J connectivity index is 2.06. The van der Waals surface area contributed by atoms with Crippen molar-refractivity contribution in [1.82, 2.24) is 10.2 Å². The van der Waals surface area contributed by atoms with Gasteiger partial charge in [-0.2, -0.15) is 0 Å². The summed E-state index contributed by atoms with van der Waals surface area (Å²) in [5.41, 5.74) is 1.28. The number of nitrogens with zero attached hydrogens (tertiary/aromatic N) is 1. The third-order valence-electron chi connectivity index (χ3n) is 3.36. The van der Waals surface area contributed by atoms with Gasteiger partial charge in [0.1, 0.15) is 0 Å². The average Bonchev–Trinajstić information content (AvgIpc) is 2.34. The lowest BCUT2D eigenvalue weighted by Crippen LogP contribution is -2.55. The van der Waals surface area contributed by atoms with Gasteiger partial charge in [0.25, 0.3) is 0 Å². The summed E-state index contributed by atoms with van der Waals surface area (Å²) in [4.78, 5) is 14.3. The summed E-state index contributed by atoms with van der Waals surface area (Å²) in [7, 11) is 0. The Bertz CT molecular complexity index is 389. The average molecular weight is 246 g/mol. The van der Waals surface area contributed by atoms with Crippen molar-refractivity contribution in [3.63, 3.8) is 0 Å². The van der Waals surface area contributed by atoms with Crippen molar-refractivity contribution in [2.75, 3.05) is 13.1 Å². The van der Waals surface area contributed by atoms with E-state index in [4.69, 9.17) is 0 Å². The Morgan fingerprint density at radius 3 is 2.72 bits per heavy atom. The minimum absolute atomic E-state index is 0.0268. The van der Waals surface area contributed by atoms with Gasteiger partial charge in [0.15, 0.2) is 0 Å². The maximum absolute atomic E-state index is 12.0. The fourth-order valence-electron chi connectivity index (χ4n) is 2.47. The van der Waals surface area contributed by atoms with Crippen molar-refractivity contribution in [2.24, 2.45) is 5.92 Å². The summed E-state index contributed by atoms with van der Waals surface area (Å²) in [5.74, 6) is 0.725. The van der Waals surface area contributed by atoms with Gasteiger partial charge in [0.05, 0.1) is 6.04 Å². The molecule has 1 aliphatic heterocycles. The molecule has 1 heterocycles. The number of amides is 1. The molecule has 98 valence electrons. The summed E-state index contributed by atoms with van der Waals surface area (Å²) in [6, 6.07) is 10.4. The number of rotatable bonds is 4. The number of piperazine rings is 1. The summed E-state index contributed by atoms with van der Waals surface area (Å²) in [5, 5.41) is 2.97. The molecule has 1 saturated heterocycles. The van der Waals surface area contributed by atoms with Crippen molar-refractivity contribution in [1.29, 1.82) is 0 Å². The van der Waals surface area contributed by atoms with E-state index >= 15 is 0 Å². The predicted octanol–water partition coefficient (Wildman–Crippen LogP) is 2.03. The quantitative estimate of drug-likeness (QED) is 0.881. The summed E-state index contributed by atoms with van der Waals surface area (Å²) in [6.45, 7) is 6.91. The Hall–Kier alpha value is -1.35. The second-order valence-electron chi connectivity index (χ2n) is 5.39. The van der Waals surface area contributed by atoms with Crippen LogP contribution in [0, 0.1) is 5.92 Å². The standard InChI is InChI=1S/C15H22N2O/c1-12(2)10-14-15(18)16-8-9-17(14)11-13-6-4-3-5-7-13/h3-7,12,14H,8-11H2,1-2H3,(H,16,18). The van der Waals surface area contributed by atoms with Crippen LogP contribution >= 0.6 is 0 Å². The van der Waals surface area contributed by atoms with E-state index in [0.717, 1.165) is 26.1 Å². The molecule has 1 aromatic rings. The molecule has 0 radical (unpaired) electrons. The molecule has 1 N–H and O–H groups in total. The molecule has 1 amide bonds. The topological polar surface area (TPSA) is 32.3 Å². The van der Waals surface area contributed by atoms with E-state index < -0.39 is 0 Å². The third-order valence-corrected chi connectivity index (χ3v) is 3.36. The molecule has 1 fully saturated rings. The first-order chi connectivity index (χ1) is 8.66. The Kier molecular flexibility index (Phi) is 4.37. The molecule has 18 heavy (non-hydrogen) atoms. The monoisotopic (exact) mass is 246 g/mol. The van der Waals surface area contributed by atoms with Gasteiger partial charge in [-0.05, 0) is 17.9 Å². The summed E-state index contributed by atoms with van der Waals surface area (Å²) < 4.78 is 0. The van der Waals surface area contributed by atoms with Crippen LogP contribution in [0.2, 0.25) is 0 Å². The second kappa shape index (κ2) is 6.01. The molecule has 1 unspecified atom stereocenters. The lowest BCUT2D eigenvalue weighted by Gasteiger charge is -2.36. The van der Waals surface area contributed by atoms with Gasteiger partial charge in [-0.15, -0.1) is 0 Å². The molecule has 1 aliphatic rings.